The molecule has 0 aliphatic rings. The minimum Gasteiger partial charge on any atom is -0.423 e. The second-order valence-electron chi connectivity index (χ2n) is 20.9. The van der Waals surface area contributed by atoms with E-state index in [1.54, 1.807) is 44.2 Å². The average molecular weight is 1100 g/mol. The third-order valence-electron chi connectivity index (χ3n) is 13.7. The lowest BCUT2D eigenvalue weighted by molar-refractivity contribution is -0.130. The van der Waals surface area contributed by atoms with Gasteiger partial charge in [0.2, 0.25) is 0 Å². The summed E-state index contributed by atoms with van der Waals surface area (Å²) in [5, 5.41) is 0. The van der Waals surface area contributed by atoms with Crippen LogP contribution in [-0.2, 0) is 62.4 Å². The van der Waals surface area contributed by atoms with E-state index < -0.39 is 17.9 Å². The van der Waals surface area contributed by atoms with E-state index in [2.05, 4.69) is 75.3 Å². The lowest BCUT2D eigenvalue weighted by atomic mass is 9.77. The molecular formula is C70H74N4O8. The van der Waals surface area contributed by atoms with Gasteiger partial charge in [0.15, 0.2) is 0 Å². The Kier molecular flexibility index (Phi) is 21.6. The summed E-state index contributed by atoms with van der Waals surface area (Å²) < 4.78 is 31.0. The van der Waals surface area contributed by atoms with Crippen molar-refractivity contribution in [3.05, 3.63) is 263 Å². The molecule has 0 aliphatic carbocycles. The van der Waals surface area contributed by atoms with Gasteiger partial charge >= 0.3 is 17.9 Å². The summed E-state index contributed by atoms with van der Waals surface area (Å²) in [6.45, 7) is 20.5. The minimum absolute atomic E-state index is 0.337. The Bertz CT molecular complexity index is 3310. The summed E-state index contributed by atoms with van der Waals surface area (Å²) >= 11 is 0. The van der Waals surface area contributed by atoms with Gasteiger partial charge in [-0.15, -0.1) is 0 Å². The monoisotopic (exact) mass is 1100 g/mol. The van der Waals surface area contributed by atoms with Crippen LogP contribution in [0.15, 0.2) is 213 Å². The van der Waals surface area contributed by atoms with Gasteiger partial charge in [-0.1, -0.05) is 128 Å². The number of esters is 3. The molecule has 0 saturated heterocycles. The number of benzene rings is 7. The van der Waals surface area contributed by atoms with E-state index in [1.165, 1.54) is 16.7 Å². The lowest BCUT2D eigenvalue weighted by Crippen LogP contribution is -2.38. The predicted octanol–water partition coefficient (Wildman–Crippen LogP) is 13.2. The molecule has 6 N–H and O–H groups in total. The van der Waals surface area contributed by atoms with Gasteiger partial charge < -0.3 is 45.5 Å². The van der Waals surface area contributed by atoms with Crippen LogP contribution in [0.2, 0.25) is 0 Å². The molecule has 0 radical (unpaired) electrons. The van der Waals surface area contributed by atoms with Gasteiger partial charge in [0.1, 0.15) is 17.2 Å². The minimum atomic E-state index is -0.450. The van der Waals surface area contributed by atoms with Gasteiger partial charge in [0.05, 0.1) is 43.4 Å². The zero-order chi connectivity index (χ0) is 58.6. The fraction of sp³-hybridized carbons (Fsp3) is 0.214. The van der Waals surface area contributed by atoms with Crippen LogP contribution >= 0.6 is 0 Å². The van der Waals surface area contributed by atoms with Gasteiger partial charge in [0, 0.05) is 40.3 Å². The number of aromatic nitrogens is 1. The average Bonchev–Trinajstić information content (AvgIpc) is 4.13. The third-order valence-corrected chi connectivity index (χ3v) is 13.7. The maximum atomic E-state index is 12.4. The number of ether oxygens (including phenoxy) is 5. The zero-order valence-corrected chi connectivity index (χ0v) is 47.5. The molecular weight excluding hydrogens is 1020 g/mol. The molecule has 12 heteroatoms. The van der Waals surface area contributed by atoms with Crippen molar-refractivity contribution in [1.82, 2.24) is 4.57 Å². The number of anilines is 3. The number of hydrogen-bond acceptors (Lipinski definition) is 11. The molecule has 0 aliphatic heterocycles. The molecule has 8 aromatic rings. The molecule has 0 saturated carbocycles. The van der Waals surface area contributed by atoms with E-state index in [1.807, 2.05) is 115 Å². The van der Waals surface area contributed by atoms with Crippen molar-refractivity contribution in [2.75, 3.05) is 43.6 Å². The largest absolute Gasteiger partial charge is 0.423 e. The Morgan fingerprint density at radius 2 is 0.866 bits per heavy atom. The van der Waals surface area contributed by atoms with E-state index in [-0.39, 0.29) is 5.41 Å². The molecule has 82 heavy (non-hydrogen) atoms. The highest BCUT2D eigenvalue weighted by Gasteiger charge is 2.32. The molecule has 0 unspecified atom stereocenters. The topological polar surface area (TPSA) is 180 Å². The van der Waals surface area contributed by atoms with Crippen molar-refractivity contribution in [2.24, 2.45) is 5.41 Å². The van der Waals surface area contributed by atoms with Crippen molar-refractivity contribution < 1.29 is 38.1 Å². The first-order valence-corrected chi connectivity index (χ1v) is 27.3. The first-order chi connectivity index (χ1) is 39.4. The highest BCUT2D eigenvalue weighted by atomic mass is 16.5. The first kappa shape index (κ1) is 60.4. The number of rotatable bonds is 25. The second-order valence-corrected chi connectivity index (χ2v) is 20.9. The van der Waals surface area contributed by atoms with Crippen LogP contribution in [0.4, 0.5) is 17.1 Å². The summed E-state index contributed by atoms with van der Waals surface area (Å²) in [5.74, 6) is 0.136. The number of aryl methyl sites for hydroxylation is 4. The highest BCUT2D eigenvalue weighted by Crippen LogP contribution is 2.31. The van der Waals surface area contributed by atoms with Gasteiger partial charge in [-0.3, -0.25) is 0 Å². The molecule has 0 atom stereocenters. The van der Waals surface area contributed by atoms with Crippen LogP contribution in [0.5, 0.6) is 17.2 Å². The van der Waals surface area contributed by atoms with Gasteiger partial charge in [0.25, 0.3) is 0 Å². The van der Waals surface area contributed by atoms with Crippen LogP contribution in [0.25, 0.3) is 11.3 Å². The van der Waals surface area contributed by atoms with Gasteiger partial charge in [-0.2, -0.15) is 0 Å². The quantitative estimate of drug-likeness (QED) is 0.0163. The molecule has 0 fully saturated rings. The van der Waals surface area contributed by atoms with Crippen LogP contribution < -0.4 is 31.4 Å². The number of nitrogens with zero attached hydrogens (tertiary/aromatic N) is 1. The van der Waals surface area contributed by atoms with Crippen molar-refractivity contribution >= 4 is 40.5 Å². The molecule has 1 heterocycles. The van der Waals surface area contributed by atoms with E-state index >= 15 is 0 Å². The summed E-state index contributed by atoms with van der Waals surface area (Å²) in [6, 6.07) is 54.3. The van der Waals surface area contributed by atoms with Crippen molar-refractivity contribution in [2.45, 2.75) is 66.2 Å². The van der Waals surface area contributed by atoms with Crippen LogP contribution in [0.1, 0.15) is 63.9 Å². The van der Waals surface area contributed by atoms with Crippen LogP contribution in [-0.4, -0.2) is 48.9 Å². The molecule has 0 amide bonds. The van der Waals surface area contributed by atoms with Crippen molar-refractivity contribution in [3.63, 3.8) is 0 Å². The Hall–Kier alpha value is -9.23. The second kappa shape index (κ2) is 29.3. The first-order valence-electron chi connectivity index (χ1n) is 27.3. The van der Waals surface area contributed by atoms with E-state index in [0.29, 0.717) is 84.6 Å². The number of carbonyl (C=O) groups excluding carboxylic acids is 3. The lowest BCUT2D eigenvalue weighted by Gasteiger charge is -2.34. The molecule has 8 rings (SSSR count). The van der Waals surface area contributed by atoms with Gasteiger partial charge in [-0.25, -0.2) is 14.4 Å². The van der Waals surface area contributed by atoms with Crippen molar-refractivity contribution in [1.29, 1.82) is 0 Å². The molecule has 1 aromatic heterocycles. The zero-order valence-electron chi connectivity index (χ0n) is 47.5. The molecule has 7 aromatic carbocycles. The third kappa shape index (κ3) is 18.7. The van der Waals surface area contributed by atoms with Crippen LogP contribution in [0.3, 0.4) is 0 Å². The molecule has 422 valence electrons. The Morgan fingerprint density at radius 3 is 1.34 bits per heavy atom. The van der Waals surface area contributed by atoms with E-state index in [0.717, 1.165) is 70.4 Å². The summed E-state index contributed by atoms with van der Waals surface area (Å²) in [5.41, 5.74) is 31.6. The standard InChI is InChI=1S/C42H47NO6.C28H27N3O2/c1-30(2)40(44)48-38-18-12-33(13-19-38)22-24-46-28-42(26-35-8-6-32(5)7-9-35,27-36-10-16-37(43)17-11-36)29-47-25-23-34-14-20-39(21-15-34)49-41(45)31(3)4;1-19-3-9-23(10-4-19)20(2)28(32)33-25-12-7-21(8-13-25)5-6-22-15-16-31(18-22)27-17-24(29)11-14-26(27)30/h6-21H,1,3,22-29,43H2,2,4-5H3;3-4,7-18H,2,5-6,29-30H2,1H3. The van der Waals surface area contributed by atoms with E-state index in [4.69, 9.17) is 40.9 Å². The Morgan fingerprint density at radius 1 is 0.463 bits per heavy atom. The summed E-state index contributed by atoms with van der Waals surface area (Å²) in [4.78, 5) is 36.1. The Balaban J connectivity index is 0.000000254. The number of nitrogens with two attached hydrogens (primary N) is 3. The SMILES string of the molecule is C=C(C(=O)Oc1ccc(CCc2ccn(-c3cc(N)ccc3N)c2)cc1)c1ccc(C)cc1.C=C(C)C(=O)Oc1ccc(CCOCC(COCCc2ccc(OC(=O)C(=C)C)cc2)(Cc2ccc(C)cc2)Cc2ccc(N)cc2)cc1. The van der Waals surface area contributed by atoms with Crippen LogP contribution in [0, 0.1) is 19.3 Å². The number of nitrogen functional groups attached to an aromatic ring is 3. The molecule has 0 bridgehead atoms. The normalized spacial score (nSPS) is 11.0. The number of carbonyl (C=O) groups is 3. The summed E-state index contributed by atoms with van der Waals surface area (Å²) in [7, 11) is 0. The molecule has 0 spiro atoms. The number of hydrogen-bond donors (Lipinski definition) is 3. The highest BCUT2D eigenvalue weighted by molar-refractivity contribution is 6.16. The smallest absolute Gasteiger partial charge is 0.343 e. The maximum absolute atomic E-state index is 12.4. The fourth-order valence-electron chi connectivity index (χ4n) is 8.89. The van der Waals surface area contributed by atoms with E-state index in [9.17, 15) is 14.4 Å². The van der Waals surface area contributed by atoms with Crippen molar-refractivity contribution in [3.8, 4) is 22.9 Å². The van der Waals surface area contributed by atoms with Gasteiger partial charge in [-0.05, 0) is 178 Å². The fourth-order valence-corrected chi connectivity index (χ4v) is 8.89. The Labute approximate surface area is 482 Å². The maximum Gasteiger partial charge on any atom is 0.343 e. The summed E-state index contributed by atoms with van der Waals surface area (Å²) in [6.07, 6.45) is 8.71. The predicted molar refractivity (Wildman–Crippen MR) is 329 cm³/mol. The molecule has 12 nitrogen and oxygen atoms in total.